The molecule has 2 heterocycles. The van der Waals surface area contributed by atoms with Gasteiger partial charge in [0.1, 0.15) is 18.1 Å². The lowest BCUT2D eigenvalue weighted by atomic mass is 10.1. The standard InChI is InChI=1S/C18H18N2O3/c1-2-22-16-3-4-17-14(10-16)9-15(12-23-17)18(21)20-11-13-5-7-19-8-6-13/h3-10H,2,11-12H2,1H3,(H,20,21). The molecule has 1 N–H and O–H groups in total. The van der Waals surface area contributed by atoms with Gasteiger partial charge in [0, 0.05) is 24.5 Å². The molecular formula is C18H18N2O3. The number of amides is 1. The Labute approximate surface area is 135 Å². The number of rotatable bonds is 5. The van der Waals surface area contributed by atoms with Crippen molar-refractivity contribution < 1.29 is 14.3 Å². The minimum absolute atomic E-state index is 0.130. The van der Waals surface area contributed by atoms with Gasteiger partial charge in [-0.2, -0.15) is 0 Å². The minimum Gasteiger partial charge on any atom is -0.494 e. The van der Waals surface area contributed by atoms with E-state index in [1.165, 1.54) is 0 Å². The summed E-state index contributed by atoms with van der Waals surface area (Å²) in [5.41, 5.74) is 2.46. The summed E-state index contributed by atoms with van der Waals surface area (Å²) < 4.78 is 11.1. The van der Waals surface area contributed by atoms with Crippen LogP contribution in [0.4, 0.5) is 0 Å². The molecule has 3 rings (SSSR count). The van der Waals surface area contributed by atoms with Crippen LogP contribution in [0.3, 0.4) is 0 Å². The van der Waals surface area contributed by atoms with Crippen LogP contribution in [0.1, 0.15) is 18.1 Å². The van der Waals surface area contributed by atoms with Crippen LogP contribution >= 0.6 is 0 Å². The van der Waals surface area contributed by atoms with Gasteiger partial charge in [0.2, 0.25) is 0 Å². The van der Waals surface area contributed by atoms with E-state index >= 15 is 0 Å². The van der Waals surface area contributed by atoms with E-state index in [0.29, 0.717) is 18.7 Å². The van der Waals surface area contributed by atoms with Crippen LogP contribution in [0.25, 0.3) is 6.08 Å². The highest BCUT2D eigenvalue weighted by atomic mass is 16.5. The van der Waals surface area contributed by atoms with Crippen molar-refractivity contribution in [1.82, 2.24) is 10.3 Å². The molecule has 1 aliphatic heterocycles. The predicted molar refractivity (Wildman–Crippen MR) is 87.2 cm³/mol. The molecular weight excluding hydrogens is 292 g/mol. The average Bonchev–Trinajstić information content (AvgIpc) is 2.60. The molecule has 0 fully saturated rings. The second kappa shape index (κ2) is 6.96. The molecule has 0 bridgehead atoms. The van der Waals surface area contributed by atoms with Gasteiger partial charge in [-0.05, 0) is 48.9 Å². The van der Waals surface area contributed by atoms with Crippen molar-refractivity contribution in [2.45, 2.75) is 13.5 Å². The molecule has 118 valence electrons. The number of nitrogens with zero attached hydrogens (tertiary/aromatic N) is 1. The number of fused-ring (bicyclic) bond motifs is 1. The van der Waals surface area contributed by atoms with Gasteiger partial charge in [-0.3, -0.25) is 9.78 Å². The number of carbonyl (C=O) groups excluding carboxylic acids is 1. The number of nitrogens with one attached hydrogen (secondary N) is 1. The maximum Gasteiger partial charge on any atom is 0.250 e. The molecule has 0 atom stereocenters. The van der Waals surface area contributed by atoms with Crippen LogP contribution in [0.5, 0.6) is 11.5 Å². The summed E-state index contributed by atoms with van der Waals surface area (Å²) in [4.78, 5) is 16.2. The number of ether oxygens (including phenoxy) is 2. The number of hydrogen-bond acceptors (Lipinski definition) is 4. The first kappa shape index (κ1) is 15.1. The third kappa shape index (κ3) is 3.69. The number of carbonyl (C=O) groups is 1. The van der Waals surface area contributed by atoms with Gasteiger partial charge in [-0.1, -0.05) is 0 Å². The summed E-state index contributed by atoms with van der Waals surface area (Å²) in [5.74, 6) is 1.40. The number of benzene rings is 1. The summed E-state index contributed by atoms with van der Waals surface area (Å²) in [5, 5.41) is 2.89. The van der Waals surface area contributed by atoms with Crippen molar-refractivity contribution >= 4 is 12.0 Å². The van der Waals surface area contributed by atoms with E-state index < -0.39 is 0 Å². The smallest absolute Gasteiger partial charge is 0.250 e. The van der Waals surface area contributed by atoms with Gasteiger partial charge in [-0.25, -0.2) is 0 Å². The van der Waals surface area contributed by atoms with Crippen molar-refractivity contribution in [2.75, 3.05) is 13.2 Å². The van der Waals surface area contributed by atoms with E-state index in [-0.39, 0.29) is 12.5 Å². The van der Waals surface area contributed by atoms with Crippen LogP contribution in [0.2, 0.25) is 0 Å². The largest absolute Gasteiger partial charge is 0.494 e. The number of hydrogen-bond donors (Lipinski definition) is 1. The quantitative estimate of drug-likeness (QED) is 0.922. The molecule has 0 saturated heterocycles. The van der Waals surface area contributed by atoms with E-state index in [2.05, 4.69) is 10.3 Å². The average molecular weight is 310 g/mol. The third-order valence-electron chi connectivity index (χ3n) is 3.50. The van der Waals surface area contributed by atoms with Crippen LogP contribution in [0.15, 0.2) is 48.3 Å². The van der Waals surface area contributed by atoms with Gasteiger partial charge in [0.25, 0.3) is 5.91 Å². The molecule has 5 heteroatoms. The monoisotopic (exact) mass is 310 g/mol. The minimum atomic E-state index is -0.130. The molecule has 1 aliphatic rings. The molecule has 0 spiro atoms. The van der Waals surface area contributed by atoms with Gasteiger partial charge in [0.15, 0.2) is 0 Å². The molecule has 0 unspecified atom stereocenters. The lowest BCUT2D eigenvalue weighted by Gasteiger charge is -2.18. The fraction of sp³-hybridized carbons (Fsp3) is 0.222. The summed E-state index contributed by atoms with van der Waals surface area (Å²) in [6.07, 6.45) is 5.26. The first-order chi connectivity index (χ1) is 11.3. The number of aromatic nitrogens is 1. The third-order valence-corrected chi connectivity index (χ3v) is 3.50. The van der Waals surface area contributed by atoms with E-state index in [9.17, 15) is 4.79 Å². The predicted octanol–water partition coefficient (Wildman–Crippen LogP) is 2.57. The fourth-order valence-electron chi connectivity index (χ4n) is 2.34. The first-order valence-electron chi connectivity index (χ1n) is 7.53. The Bertz CT molecular complexity index is 726. The maximum absolute atomic E-state index is 12.3. The van der Waals surface area contributed by atoms with Crippen LogP contribution in [-0.4, -0.2) is 24.1 Å². The summed E-state index contributed by atoms with van der Waals surface area (Å²) in [6, 6.07) is 9.35. The Morgan fingerprint density at radius 2 is 2.13 bits per heavy atom. The summed E-state index contributed by atoms with van der Waals surface area (Å²) in [7, 11) is 0. The van der Waals surface area contributed by atoms with Crippen molar-refractivity contribution in [3.63, 3.8) is 0 Å². The Balaban J connectivity index is 1.70. The lowest BCUT2D eigenvalue weighted by Crippen LogP contribution is -2.28. The maximum atomic E-state index is 12.3. The van der Waals surface area contributed by atoms with Crippen molar-refractivity contribution in [3.8, 4) is 11.5 Å². The van der Waals surface area contributed by atoms with Gasteiger partial charge < -0.3 is 14.8 Å². The Hall–Kier alpha value is -2.82. The zero-order valence-corrected chi connectivity index (χ0v) is 12.9. The zero-order valence-electron chi connectivity index (χ0n) is 12.9. The molecule has 0 aliphatic carbocycles. The Kier molecular flexibility index (Phi) is 4.57. The molecule has 1 aromatic heterocycles. The van der Waals surface area contributed by atoms with E-state index in [1.807, 2.05) is 43.3 Å². The van der Waals surface area contributed by atoms with Crippen molar-refractivity contribution in [2.24, 2.45) is 0 Å². The van der Waals surface area contributed by atoms with Crippen LogP contribution in [0, 0.1) is 0 Å². The highest BCUT2D eigenvalue weighted by Crippen LogP contribution is 2.30. The molecule has 5 nitrogen and oxygen atoms in total. The molecule has 1 aromatic carbocycles. The molecule has 1 amide bonds. The topological polar surface area (TPSA) is 60.5 Å². The van der Waals surface area contributed by atoms with Crippen molar-refractivity contribution in [3.05, 3.63) is 59.4 Å². The van der Waals surface area contributed by atoms with Crippen molar-refractivity contribution in [1.29, 1.82) is 0 Å². The SMILES string of the molecule is CCOc1ccc2c(c1)C=C(C(=O)NCc1ccncc1)CO2. The van der Waals surface area contributed by atoms with Gasteiger partial charge in [0.05, 0.1) is 12.2 Å². The molecule has 23 heavy (non-hydrogen) atoms. The highest BCUT2D eigenvalue weighted by molar-refractivity contribution is 5.99. The second-order valence-corrected chi connectivity index (χ2v) is 5.13. The summed E-state index contributed by atoms with van der Waals surface area (Å²) in [6.45, 7) is 3.26. The van der Waals surface area contributed by atoms with Crippen LogP contribution in [-0.2, 0) is 11.3 Å². The Morgan fingerprint density at radius 3 is 2.91 bits per heavy atom. The first-order valence-corrected chi connectivity index (χ1v) is 7.53. The lowest BCUT2D eigenvalue weighted by molar-refractivity contribution is -0.117. The number of pyridine rings is 1. The van der Waals surface area contributed by atoms with E-state index in [4.69, 9.17) is 9.47 Å². The normalized spacial score (nSPS) is 12.7. The Morgan fingerprint density at radius 1 is 1.30 bits per heavy atom. The van der Waals surface area contributed by atoms with Gasteiger partial charge in [-0.15, -0.1) is 0 Å². The van der Waals surface area contributed by atoms with Crippen LogP contribution < -0.4 is 14.8 Å². The molecule has 2 aromatic rings. The van der Waals surface area contributed by atoms with E-state index in [1.54, 1.807) is 12.4 Å². The van der Waals surface area contributed by atoms with Gasteiger partial charge >= 0.3 is 0 Å². The highest BCUT2D eigenvalue weighted by Gasteiger charge is 2.17. The summed E-state index contributed by atoms with van der Waals surface area (Å²) >= 11 is 0. The molecule has 0 saturated carbocycles. The second-order valence-electron chi connectivity index (χ2n) is 5.13. The molecule has 0 radical (unpaired) electrons. The van der Waals surface area contributed by atoms with E-state index in [0.717, 1.165) is 22.6 Å². The zero-order chi connectivity index (χ0) is 16.1. The fourth-order valence-corrected chi connectivity index (χ4v) is 2.34.